The second kappa shape index (κ2) is 5.45. The number of benzene rings is 2. The van der Waals surface area contributed by atoms with Crippen molar-refractivity contribution in [1.29, 1.82) is 0 Å². The maximum Gasteiger partial charge on any atom is 0.124 e. The molecule has 0 fully saturated rings. The van der Waals surface area contributed by atoms with Crippen molar-refractivity contribution in [2.75, 3.05) is 13.6 Å². The Morgan fingerprint density at radius 2 is 1.89 bits per heavy atom. The van der Waals surface area contributed by atoms with E-state index in [0.29, 0.717) is 6.61 Å². The SMILES string of the molecule is CN1CCc2cccc(OCc3ccccc3)c2C1. The van der Waals surface area contributed by atoms with E-state index in [-0.39, 0.29) is 0 Å². The molecule has 0 atom stereocenters. The van der Waals surface area contributed by atoms with E-state index in [4.69, 9.17) is 4.74 Å². The van der Waals surface area contributed by atoms with Crippen LogP contribution in [-0.4, -0.2) is 18.5 Å². The molecule has 1 heterocycles. The molecular formula is C17H19NO. The lowest BCUT2D eigenvalue weighted by Gasteiger charge is -2.26. The van der Waals surface area contributed by atoms with Crippen LogP contribution >= 0.6 is 0 Å². The third kappa shape index (κ3) is 2.79. The van der Waals surface area contributed by atoms with E-state index in [9.17, 15) is 0 Å². The fraction of sp³-hybridized carbons (Fsp3) is 0.294. The maximum atomic E-state index is 6.01. The van der Waals surface area contributed by atoms with E-state index in [0.717, 1.165) is 25.3 Å². The van der Waals surface area contributed by atoms with Crippen LogP contribution in [0.25, 0.3) is 0 Å². The smallest absolute Gasteiger partial charge is 0.124 e. The molecule has 0 unspecified atom stereocenters. The zero-order valence-electron chi connectivity index (χ0n) is 11.3. The largest absolute Gasteiger partial charge is 0.489 e. The van der Waals surface area contributed by atoms with Crippen molar-refractivity contribution in [3.63, 3.8) is 0 Å². The number of rotatable bonds is 3. The fourth-order valence-corrected chi connectivity index (χ4v) is 2.56. The lowest BCUT2D eigenvalue weighted by atomic mass is 9.99. The summed E-state index contributed by atoms with van der Waals surface area (Å²) in [5.41, 5.74) is 4.00. The van der Waals surface area contributed by atoms with Gasteiger partial charge in [-0.3, -0.25) is 0 Å². The topological polar surface area (TPSA) is 12.5 Å². The first-order chi connectivity index (χ1) is 9.33. The Balaban J connectivity index is 1.78. The van der Waals surface area contributed by atoms with Crippen LogP contribution in [0.3, 0.4) is 0 Å². The Labute approximate surface area is 114 Å². The molecule has 0 bridgehead atoms. The highest BCUT2D eigenvalue weighted by molar-refractivity contribution is 5.41. The molecule has 98 valence electrons. The van der Waals surface area contributed by atoms with Gasteiger partial charge in [0.15, 0.2) is 0 Å². The molecule has 0 radical (unpaired) electrons. The normalized spacial score (nSPS) is 15.0. The molecule has 0 amide bonds. The third-order valence-corrected chi connectivity index (χ3v) is 3.66. The average Bonchev–Trinajstić information content (AvgIpc) is 2.46. The highest BCUT2D eigenvalue weighted by Crippen LogP contribution is 2.28. The third-order valence-electron chi connectivity index (χ3n) is 3.66. The first kappa shape index (κ1) is 12.2. The van der Waals surface area contributed by atoms with Gasteiger partial charge in [-0.2, -0.15) is 0 Å². The average molecular weight is 253 g/mol. The minimum Gasteiger partial charge on any atom is -0.489 e. The summed E-state index contributed by atoms with van der Waals surface area (Å²) in [5, 5.41) is 0. The number of hydrogen-bond acceptors (Lipinski definition) is 2. The van der Waals surface area contributed by atoms with Crippen LogP contribution in [0.2, 0.25) is 0 Å². The van der Waals surface area contributed by atoms with Gasteiger partial charge in [-0.05, 0) is 30.7 Å². The van der Waals surface area contributed by atoms with Crippen LogP contribution in [-0.2, 0) is 19.6 Å². The van der Waals surface area contributed by atoms with Crippen molar-refractivity contribution in [1.82, 2.24) is 4.90 Å². The monoisotopic (exact) mass is 253 g/mol. The summed E-state index contributed by atoms with van der Waals surface area (Å²) in [4.78, 5) is 2.34. The number of ether oxygens (including phenoxy) is 1. The predicted molar refractivity (Wildman–Crippen MR) is 77.3 cm³/mol. The highest BCUT2D eigenvalue weighted by Gasteiger charge is 2.16. The summed E-state index contributed by atoms with van der Waals surface area (Å²) in [5.74, 6) is 1.04. The van der Waals surface area contributed by atoms with Crippen molar-refractivity contribution in [3.8, 4) is 5.75 Å². The Kier molecular flexibility index (Phi) is 3.51. The zero-order valence-corrected chi connectivity index (χ0v) is 11.3. The maximum absolute atomic E-state index is 6.01. The van der Waals surface area contributed by atoms with Gasteiger partial charge in [-0.1, -0.05) is 42.5 Å². The summed E-state index contributed by atoms with van der Waals surface area (Å²) in [6, 6.07) is 16.7. The molecule has 2 aromatic rings. The van der Waals surface area contributed by atoms with Crippen LogP contribution in [0.5, 0.6) is 5.75 Å². The van der Waals surface area contributed by atoms with Crippen LogP contribution in [0.1, 0.15) is 16.7 Å². The van der Waals surface area contributed by atoms with E-state index in [1.54, 1.807) is 0 Å². The van der Waals surface area contributed by atoms with Gasteiger partial charge in [0.2, 0.25) is 0 Å². The number of hydrogen-bond donors (Lipinski definition) is 0. The molecule has 1 aliphatic rings. The minimum absolute atomic E-state index is 0.640. The molecule has 0 N–H and O–H groups in total. The Morgan fingerprint density at radius 1 is 1.05 bits per heavy atom. The van der Waals surface area contributed by atoms with Gasteiger partial charge in [0.25, 0.3) is 0 Å². The van der Waals surface area contributed by atoms with Crippen LogP contribution < -0.4 is 4.74 Å². The molecular weight excluding hydrogens is 234 g/mol. The van der Waals surface area contributed by atoms with Gasteiger partial charge in [0, 0.05) is 18.7 Å². The standard InChI is InChI=1S/C17H19NO/c1-18-11-10-15-8-5-9-17(16(15)12-18)19-13-14-6-3-2-4-7-14/h2-9H,10-13H2,1H3. The highest BCUT2D eigenvalue weighted by atomic mass is 16.5. The van der Waals surface area contributed by atoms with Crippen molar-refractivity contribution in [2.45, 2.75) is 19.6 Å². The second-order valence-electron chi connectivity index (χ2n) is 5.16. The lowest BCUT2D eigenvalue weighted by molar-refractivity contribution is 0.275. The molecule has 0 aliphatic carbocycles. The lowest BCUT2D eigenvalue weighted by Crippen LogP contribution is -2.26. The summed E-state index contributed by atoms with van der Waals surface area (Å²) in [7, 11) is 2.16. The molecule has 19 heavy (non-hydrogen) atoms. The van der Waals surface area contributed by atoms with Crippen LogP contribution in [0, 0.1) is 0 Å². The van der Waals surface area contributed by atoms with E-state index >= 15 is 0 Å². The van der Waals surface area contributed by atoms with Crippen molar-refractivity contribution >= 4 is 0 Å². The summed E-state index contributed by atoms with van der Waals surface area (Å²) in [6.45, 7) is 2.76. The van der Waals surface area contributed by atoms with Gasteiger partial charge in [-0.25, -0.2) is 0 Å². The van der Waals surface area contributed by atoms with Crippen LogP contribution in [0.4, 0.5) is 0 Å². The second-order valence-corrected chi connectivity index (χ2v) is 5.16. The first-order valence-corrected chi connectivity index (χ1v) is 6.79. The predicted octanol–water partition coefficient (Wildman–Crippen LogP) is 3.25. The van der Waals surface area contributed by atoms with Gasteiger partial charge in [0.1, 0.15) is 12.4 Å². The zero-order chi connectivity index (χ0) is 13.1. The van der Waals surface area contributed by atoms with E-state index in [2.05, 4.69) is 42.3 Å². The molecule has 0 aromatic heterocycles. The number of fused-ring (bicyclic) bond motifs is 1. The fourth-order valence-electron chi connectivity index (χ4n) is 2.56. The van der Waals surface area contributed by atoms with Gasteiger partial charge in [0.05, 0.1) is 0 Å². The van der Waals surface area contributed by atoms with E-state index in [1.807, 2.05) is 18.2 Å². The van der Waals surface area contributed by atoms with Crippen LogP contribution in [0.15, 0.2) is 48.5 Å². The van der Waals surface area contributed by atoms with E-state index < -0.39 is 0 Å². The molecule has 3 rings (SSSR count). The molecule has 2 nitrogen and oxygen atoms in total. The summed E-state index contributed by atoms with van der Waals surface area (Å²) < 4.78 is 6.01. The first-order valence-electron chi connectivity index (χ1n) is 6.79. The molecule has 0 saturated heterocycles. The quantitative estimate of drug-likeness (QED) is 0.832. The molecule has 0 spiro atoms. The summed E-state index contributed by atoms with van der Waals surface area (Å²) in [6.07, 6.45) is 1.12. The Morgan fingerprint density at radius 3 is 2.74 bits per heavy atom. The van der Waals surface area contributed by atoms with Crippen molar-refractivity contribution in [3.05, 3.63) is 65.2 Å². The van der Waals surface area contributed by atoms with Crippen molar-refractivity contribution in [2.24, 2.45) is 0 Å². The molecule has 0 saturated carbocycles. The molecule has 1 aliphatic heterocycles. The van der Waals surface area contributed by atoms with Gasteiger partial charge < -0.3 is 9.64 Å². The number of nitrogens with zero attached hydrogens (tertiary/aromatic N) is 1. The molecule has 2 heteroatoms. The van der Waals surface area contributed by atoms with Gasteiger partial charge in [-0.15, -0.1) is 0 Å². The Bertz CT molecular complexity index is 550. The summed E-state index contributed by atoms with van der Waals surface area (Å²) >= 11 is 0. The van der Waals surface area contributed by atoms with Gasteiger partial charge >= 0.3 is 0 Å². The Hall–Kier alpha value is -1.80. The van der Waals surface area contributed by atoms with E-state index in [1.165, 1.54) is 16.7 Å². The minimum atomic E-state index is 0.640. The number of likely N-dealkylation sites (N-methyl/N-ethyl adjacent to an activating group) is 1. The van der Waals surface area contributed by atoms with Crippen molar-refractivity contribution < 1.29 is 4.74 Å². The molecule has 2 aromatic carbocycles.